The lowest BCUT2D eigenvalue weighted by Crippen LogP contribution is -2.39. The summed E-state index contributed by atoms with van der Waals surface area (Å²) in [6, 6.07) is 3.95. The van der Waals surface area contributed by atoms with E-state index in [4.69, 9.17) is 0 Å². The smallest absolute Gasteiger partial charge is 0.252 e. The minimum Gasteiger partial charge on any atom is -0.396 e. The Balaban J connectivity index is 2.87. The van der Waals surface area contributed by atoms with Crippen molar-refractivity contribution in [3.63, 3.8) is 0 Å². The first-order chi connectivity index (χ1) is 9.39. The summed E-state index contributed by atoms with van der Waals surface area (Å²) in [6.07, 6.45) is 1.70. The molecule has 1 rings (SSSR count). The molecule has 0 saturated heterocycles. The number of aliphatic hydroxyl groups excluding tert-OH is 1. The van der Waals surface area contributed by atoms with Gasteiger partial charge >= 0.3 is 0 Å². The van der Waals surface area contributed by atoms with Gasteiger partial charge in [-0.25, -0.2) is 0 Å². The Hall–Kier alpha value is 0.840. The van der Waals surface area contributed by atoms with Crippen LogP contribution in [0.2, 0.25) is 0 Å². The molecule has 2 N–H and O–H groups in total. The van der Waals surface area contributed by atoms with Crippen molar-refractivity contribution < 1.29 is 9.90 Å². The monoisotopic (exact) mass is 613 g/mol. The zero-order chi connectivity index (χ0) is 15.3. The van der Waals surface area contributed by atoms with E-state index in [0.717, 1.165) is 23.6 Å². The Morgan fingerprint density at radius 3 is 2.35 bits per heavy atom. The van der Waals surface area contributed by atoms with Crippen LogP contribution < -0.4 is 5.32 Å². The molecule has 0 radical (unpaired) electrons. The lowest BCUT2D eigenvalue weighted by atomic mass is 9.83. The molecule has 0 spiro atoms. The summed E-state index contributed by atoms with van der Waals surface area (Å²) in [4.78, 5) is 12.4. The number of benzene rings is 1. The maximum atomic E-state index is 12.4. The predicted octanol–water partition coefficient (Wildman–Crippen LogP) is 4.03. The van der Waals surface area contributed by atoms with Crippen molar-refractivity contribution >= 4 is 73.7 Å². The fourth-order valence-electron chi connectivity index (χ4n) is 1.86. The topological polar surface area (TPSA) is 49.3 Å². The zero-order valence-electron chi connectivity index (χ0n) is 11.5. The van der Waals surface area contributed by atoms with E-state index in [9.17, 15) is 9.90 Å². The van der Waals surface area contributed by atoms with Gasteiger partial charge in [-0.2, -0.15) is 0 Å². The highest BCUT2D eigenvalue weighted by Gasteiger charge is 2.26. The van der Waals surface area contributed by atoms with Gasteiger partial charge in [-0.3, -0.25) is 4.79 Å². The summed E-state index contributed by atoms with van der Waals surface area (Å²) in [5.74, 6) is -0.0643. The zero-order valence-corrected chi connectivity index (χ0v) is 17.9. The van der Waals surface area contributed by atoms with Gasteiger partial charge in [0.15, 0.2) is 0 Å². The van der Waals surface area contributed by atoms with Gasteiger partial charge in [0.05, 0.1) is 12.2 Å². The summed E-state index contributed by atoms with van der Waals surface area (Å²) >= 11 is 6.67. The summed E-state index contributed by atoms with van der Waals surface area (Å²) in [5, 5.41) is 12.5. The second kappa shape index (κ2) is 8.47. The van der Waals surface area contributed by atoms with E-state index >= 15 is 0 Å². The van der Waals surface area contributed by atoms with Crippen LogP contribution in [0.25, 0.3) is 0 Å². The van der Waals surface area contributed by atoms with Crippen LogP contribution in [-0.4, -0.2) is 24.2 Å². The molecule has 1 amide bonds. The summed E-state index contributed by atoms with van der Waals surface area (Å²) in [5.41, 5.74) is 0.497. The molecule has 0 bridgehead atoms. The fraction of sp³-hybridized carbons (Fsp3) is 0.500. The Bertz CT molecular complexity index is 479. The number of aliphatic hydroxyl groups is 1. The van der Waals surface area contributed by atoms with Gasteiger partial charge in [-0.05, 0) is 92.7 Å². The maximum Gasteiger partial charge on any atom is 0.252 e. The Labute approximate surface area is 161 Å². The van der Waals surface area contributed by atoms with E-state index in [1.54, 1.807) is 0 Å². The first kappa shape index (κ1) is 18.9. The molecule has 1 aromatic rings. The number of carbonyl (C=O) groups is 1. The van der Waals surface area contributed by atoms with E-state index in [2.05, 4.69) is 79.2 Å². The molecule has 1 aromatic carbocycles. The molecule has 0 heterocycles. The highest BCUT2D eigenvalue weighted by molar-refractivity contribution is 14.1. The van der Waals surface area contributed by atoms with Crippen molar-refractivity contribution in [2.24, 2.45) is 5.41 Å². The van der Waals surface area contributed by atoms with Crippen molar-refractivity contribution in [3.8, 4) is 0 Å². The van der Waals surface area contributed by atoms with Crippen LogP contribution in [0, 0.1) is 16.1 Å². The molecule has 0 aromatic heterocycles. The third-order valence-corrected chi connectivity index (χ3v) is 7.36. The third-order valence-electron chi connectivity index (χ3n) is 3.70. The molecule has 0 atom stereocenters. The van der Waals surface area contributed by atoms with E-state index < -0.39 is 0 Å². The first-order valence-corrected chi connectivity index (χ1v) is 9.66. The molecule has 3 nitrogen and oxygen atoms in total. The van der Waals surface area contributed by atoms with Crippen molar-refractivity contribution in [1.29, 1.82) is 0 Å². The maximum absolute atomic E-state index is 12.4. The van der Waals surface area contributed by atoms with E-state index in [0.29, 0.717) is 12.1 Å². The van der Waals surface area contributed by atoms with Gasteiger partial charge < -0.3 is 10.4 Å². The molecular weight excluding hydrogens is 595 g/mol. The molecule has 20 heavy (non-hydrogen) atoms. The number of rotatable bonds is 6. The van der Waals surface area contributed by atoms with Crippen LogP contribution in [0.4, 0.5) is 0 Å². The molecule has 0 aliphatic rings. The SMILES string of the molecule is CCC(CC)(CO)CNC(=O)c1cc(I)cc(I)c1I. The van der Waals surface area contributed by atoms with Gasteiger partial charge in [-0.1, -0.05) is 13.8 Å². The predicted molar refractivity (Wildman–Crippen MR) is 107 cm³/mol. The molecule has 0 unspecified atom stereocenters. The average Bonchev–Trinajstić information content (AvgIpc) is 2.44. The van der Waals surface area contributed by atoms with Crippen LogP contribution in [0.15, 0.2) is 12.1 Å². The fourth-order valence-corrected chi connectivity index (χ4v) is 4.26. The first-order valence-electron chi connectivity index (χ1n) is 6.42. The van der Waals surface area contributed by atoms with Crippen LogP contribution in [0.1, 0.15) is 37.0 Å². The number of nitrogens with one attached hydrogen (secondary N) is 1. The lowest BCUT2D eigenvalue weighted by molar-refractivity contribution is 0.0850. The highest BCUT2D eigenvalue weighted by atomic mass is 127. The normalized spacial score (nSPS) is 11.5. The van der Waals surface area contributed by atoms with Crippen LogP contribution in [0.3, 0.4) is 0 Å². The molecule has 0 aliphatic heterocycles. The second-order valence-electron chi connectivity index (χ2n) is 4.80. The van der Waals surface area contributed by atoms with Crippen molar-refractivity contribution in [2.75, 3.05) is 13.2 Å². The molecule has 112 valence electrons. The molecule has 0 aliphatic carbocycles. The summed E-state index contributed by atoms with van der Waals surface area (Å²) in [6.45, 7) is 4.70. The Kier molecular flexibility index (Phi) is 8.00. The van der Waals surface area contributed by atoms with E-state index in [1.165, 1.54) is 0 Å². The second-order valence-corrected chi connectivity index (χ2v) is 8.28. The summed E-state index contributed by atoms with van der Waals surface area (Å²) < 4.78 is 3.11. The van der Waals surface area contributed by atoms with Crippen molar-refractivity contribution in [3.05, 3.63) is 28.4 Å². The van der Waals surface area contributed by atoms with Crippen molar-refractivity contribution in [1.82, 2.24) is 5.32 Å². The highest BCUT2D eigenvalue weighted by Crippen LogP contribution is 2.26. The van der Waals surface area contributed by atoms with Crippen LogP contribution >= 0.6 is 67.8 Å². The van der Waals surface area contributed by atoms with E-state index in [-0.39, 0.29) is 17.9 Å². The number of amides is 1. The number of hydrogen-bond donors (Lipinski definition) is 2. The lowest BCUT2D eigenvalue weighted by Gasteiger charge is -2.29. The molecular formula is C14H18I3NO2. The van der Waals surface area contributed by atoms with Crippen LogP contribution in [0.5, 0.6) is 0 Å². The summed E-state index contributed by atoms with van der Waals surface area (Å²) in [7, 11) is 0. The quantitative estimate of drug-likeness (QED) is 0.377. The molecule has 6 heteroatoms. The van der Waals surface area contributed by atoms with Crippen LogP contribution in [-0.2, 0) is 0 Å². The minimum absolute atomic E-state index is 0.0643. The van der Waals surface area contributed by atoms with Gasteiger partial charge in [-0.15, -0.1) is 0 Å². The van der Waals surface area contributed by atoms with Gasteiger partial charge in [0.25, 0.3) is 5.91 Å². The van der Waals surface area contributed by atoms with Gasteiger partial charge in [0, 0.05) is 22.7 Å². The number of halogens is 3. The van der Waals surface area contributed by atoms with Crippen molar-refractivity contribution in [2.45, 2.75) is 26.7 Å². The molecule has 0 fully saturated rings. The third kappa shape index (κ3) is 4.67. The Morgan fingerprint density at radius 1 is 1.25 bits per heavy atom. The van der Waals surface area contributed by atoms with E-state index in [1.807, 2.05) is 19.9 Å². The number of hydrogen-bond acceptors (Lipinski definition) is 2. The number of carbonyl (C=O) groups excluding carboxylic acids is 1. The standard InChI is InChI=1S/C14H18I3NO2/c1-3-14(4-2,8-19)7-18-13(20)10-5-9(15)6-11(16)12(10)17/h5-6,19H,3-4,7-8H2,1-2H3,(H,18,20). The van der Waals surface area contributed by atoms with Gasteiger partial charge in [0.2, 0.25) is 0 Å². The average molecular weight is 613 g/mol. The largest absolute Gasteiger partial charge is 0.396 e. The Morgan fingerprint density at radius 2 is 1.85 bits per heavy atom. The minimum atomic E-state index is -0.212. The van der Waals surface area contributed by atoms with Gasteiger partial charge in [0.1, 0.15) is 0 Å². The molecule has 0 saturated carbocycles.